The Balaban J connectivity index is 1.51. The molecule has 4 aromatic carbocycles. The molecule has 0 bridgehead atoms. The van der Waals surface area contributed by atoms with Crippen molar-refractivity contribution in [2.45, 2.75) is 35.0 Å². The third-order valence-electron chi connectivity index (χ3n) is 6.40. The Morgan fingerprint density at radius 3 is 1.31 bits per heavy atom. The van der Waals surface area contributed by atoms with Gasteiger partial charge < -0.3 is 0 Å². The number of hydrogen-bond donors (Lipinski definition) is 0. The van der Waals surface area contributed by atoms with Crippen LogP contribution in [0.5, 0.6) is 0 Å². The third-order valence-corrected chi connectivity index (χ3v) is 7.38. The zero-order valence-electron chi connectivity index (χ0n) is 22.5. The molecule has 4 aromatic rings. The molecule has 0 aromatic heterocycles. The van der Waals surface area contributed by atoms with Crippen LogP contribution in [-0.2, 0) is 25.2 Å². The van der Waals surface area contributed by atoms with Gasteiger partial charge >= 0.3 is 12.4 Å². The molecule has 0 aliphatic heterocycles. The van der Waals surface area contributed by atoms with Crippen molar-refractivity contribution in [3.63, 3.8) is 0 Å². The lowest BCUT2D eigenvalue weighted by Crippen LogP contribution is -2.15. The van der Waals surface area contributed by atoms with Crippen LogP contribution in [-0.4, -0.2) is 21.4 Å². The van der Waals surface area contributed by atoms with Gasteiger partial charge in [-0.2, -0.15) is 26.3 Å². The molecule has 45 heavy (non-hydrogen) atoms. The molecule has 0 saturated carbocycles. The van der Waals surface area contributed by atoms with Gasteiger partial charge in [-0.15, -0.1) is 0 Å². The molecule has 0 radical (unpaired) electrons. The SMILES string of the molecule is O=C(Cc1cccc(Sc2cccc(CC(=O)c3ccc([N+](=O)[O-])cc3C(F)(F)F)c2)c1)c1ccc([N+](=O)[O-])cc1C(F)(F)F. The van der Waals surface area contributed by atoms with E-state index >= 15 is 0 Å². The summed E-state index contributed by atoms with van der Waals surface area (Å²) in [5.41, 5.74) is -5.20. The summed E-state index contributed by atoms with van der Waals surface area (Å²) in [5, 5.41) is 21.9. The molecular weight excluding hydrogens is 630 g/mol. The topological polar surface area (TPSA) is 120 Å². The molecule has 0 N–H and O–H groups in total. The second kappa shape index (κ2) is 12.9. The second-order valence-electron chi connectivity index (χ2n) is 9.57. The number of benzene rings is 4. The van der Waals surface area contributed by atoms with Gasteiger partial charge in [-0.3, -0.25) is 29.8 Å². The summed E-state index contributed by atoms with van der Waals surface area (Å²) >= 11 is 1.15. The largest absolute Gasteiger partial charge is 0.417 e. The van der Waals surface area contributed by atoms with Gasteiger partial charge in [0.25, 0.3) is 11.4 Å². The summed E-state index contributed by atoms with van der Waals surface area (Å²) in [7, 11) is 0. The van der Waals surface area contributed by atoms with E-state index < -0.39 is 80.2 Å². The Morgan fingerprint density at radius 2 is 0.978 bits per heavy atom. The number of hydrogen-bond acceptors (Lipinski definition) is 7. The van der Waals surface area contributed by atoms with Crippen molar-refractivity contribution in [3.8, 4) is 0 Å². The van der Waals surface area contributed by atoms with Crippen LogP contribution in [0.2, 0.25) is 0 Å². The number of rotatable bonds is 10. The lowest BCUT2D eigenvalue weighted by Gasteiger charge is -2.13. The number of nitrogens with zero attached hydrogens (tertiary/aromatic N) is 2. The number of carbonyl (C=O) groups is 2. The van der Waals surface area contributed by atoms with Crippen molar-refractivity contribution in [1.82, 2.24) is 0 Å². The van der Waals surface area contributed by atoms with Crippen LogP contribution in [0, 0.1) is 20.2 Å². The van der Waals surface area contributed by atoms with E-state index in [1.807, 2.05) is 0 Å². The van der Waals surface area contributed by atoms with E-state index in [0.29, 0.717) is 33.1 Å². The summed E-state index contributed by atoms with van der Waals surface area (Å²) < 4.78 is 81.3. The van der Waals surface area contributed by atoms with Crippen LogP contribution in [0.3, 0.4) is 0 Å². The maximum Gasteiger partial charge on any atom is 0.417 e. The molecule has 0 saturated heterocycles. The number of carbonyl (C=O) groups excluding carboxylic acids is 2. The molecule has 4 rings (SSSR count). The fraction of sp³-hybridized carbons (Fsp3) is 0.133. The van der Waals surface area contributed by atoms with Crippen LogP contribution < -0.4 is 0 Å². The average molecular weight is 649 g/mol. The molecule has 0 aliphatic carbocycles. The Morgan fingerprint density at radius 1 is 0.600 bits per heavy atom. The first-order chi connectivity index (χ1) is 21.0. The van der Waals surface area contributed by atoms with Crippen molar-refractivity contribution in [2.75, 3.05) is 0 Å². The third kappa shape index (κ3) is 8.12. The molecule has 232 valence electrons. The van der Waals surface area contributed by atoms with Crippen molar-refractivity contribution < 1.29 is 45.8 Å². The number of ketones is 2. The highest BCUT2D eigenvalue weighted by Gasteiger charge is 2.38. The minimum absolute atomic E-state index is 0.308. The Bertz CT molecular complexity index is 1690. The Hall–Kier alpha value is -5.05. The van der Waals surface area contributed by atoms with Gasteiger partial charge in [0, 0.05) is 58.0 Å². The maximum absolute atomic E-state index is 13.5. The summed E-state index contributed by atoms with van der Waals surface area (Å²) in [5.74, 6) is -1.83. The number of alkyl halides is 6. The minimum atomic E-state index is -5.01. The van der Waals surface area contributed by atoms with Crippen molar-refractivity contribution in [3.05, 3.63) is 139 Å². The molecule has 0 amide bonds. The fourth-order valence-corrected chi connectivity index (χ4v) is 5.37. The number of Topliss-reactive ketones (excluding diaryl/α,β-unsaturated/α-hetero) is 2. The quantitative estimate of drug-likeness (QED) is 0.0731. The van der Waals surface area contributed by atoms with Crippen molar-refractivity contribution in [1.29, 1.82) is 0 Å². The first kappa shape index (κ1) is 32.9. The first-order valence-corrected chi connectivity index (χ1v) is 13.5. The first-order valence-electron chi connectivity index (χ1n) is 12.7. The standard InChI is InChI=1S/C30H18F6N2O6S/c31-29(32,33)25-15-19(37(41)42)7-9-23(25)27(39)13-17-3-1-5-21(11-17)45-22-6-2-4-18(12-22)14-28(40)24-10-8-20(38(43)44)16-26(24)30(34,35)36/h1-12,15-16H,13-14H2. The van der Waals surface area contributed by atoms with E-state index in [1.165, 1.54) is 12.1 Å². The summed E-state index contributed by atoms with van der Waals surface area (Å²) in [6.07, 6.45) is -10.9. The molecule has 0 unspecified atom stereocenters. The van der Waals surface area contributed by atoms with Crippen LogP contribution in [0.1, 0.15) is 43.0 Å². The van der Waals surface area contributed by atoms with E-state index in [0.717, 1.165) is 36.0 Å². The van der Waals surface area contributed by atoms with Crippen LogP contribution in [0.15, 0.2) is 94.7 Å². The van der Waals surface area contributed by atoms with Gasteiger partial charge in [0.2, 0.25) is 0 Å². The summed E-state index contributed by atoms with van der Waals surface area (Å²) in [6.45, 7) is 0. The number of nitro benzene ring substituents is 2. The molecule has 0 spiro atoms. The van der Waals surface area contributed by atoms with Crippen molar-refractivity contribution in [2.24, 2.45) is 0 Å². The molecule has 0 fully saturated rings. The van der Waals surface area contributed by atoms with Gasteiger partial charge in [0.15, 0.2) is 11.6 Å². The predicted octanol–water partition coefficient (Wildman–Crippen LogP) is 8.54. The monoisotopic (exact) mass is 648 g/mol. The van der Waals surface area contributed by atoms with Gasteiger partial charge in [-0.25, -0.2) is 0 Å². The van der Waals surface area contributed by atoms with Gasteiger partial charge in [-0.1, -0.05) is 36.0 Å². The maximum atomic E-state index is 13.5. The smallest absolute Gasteiger partial charge is 0.294 e. The highest BCUT2D eigenvalue weighted by Crippen LogP contribution is 2.37. The van der Waals surface area contributed by atoms with Gasteiger partial charge in [0.05, 0.1) is 21.0 Å². The van der Waals surface area contributed by atoms with E-state index in [-0.39, 0.29) is 0 Å². The molecule has 8 nitrogen and oxygen atoms in total. The van der Waals surface area contributed by atoms with E-state index in [9.17, 15) is 56.2 Å². The van der Waals surface area contributed by atoms with E-state index in [2.05, 4.69) is 0 Å². The van der Waals surface area contributed by atoms with Gasteiger partial charge in [0.1, 0.15) is 0 Å². The molecule has 0 atom stereocenters. The van der Waals surface area contributed by atoms with Gasteiger partial charge in [-0.05, 0) is 47.5 Å². The number of halogens is 6. The molecule has 0 heterocycles. The van der Waals surface area contributed by atoms with E-state index in [1.54, 1.807) is 36.4 Å². The zero-order valence-corrected chi connectivity index (χ0v) is 23.3. The predicted molar refractivity (Wildman–Crippen MR) is 149 cm³/mol. The molecular formula is C30H18F6N2O6S. The van der Waals surface area contributed by atoms with Crippen LogP contribution in [0.25, 0.3) is 0 Å². The van der Waals surface area contributed by atoms with Crippen LogP contribution in [0.4, 0.5) is 37.7 Å². The highest BCUT2D eigenvalue weighted by molar-refractivity contribution is 7.99. The minimum Gasteiger partial charge on any atom is -0.294 e. The average Bonchev–Trinajstić information content (AvgIpc) is 2.96. The molecule has 15 heteroatoms. The Kier molecular flexibility index (Phi) is 9.42. The Labute approximate surface area is 254 Å². The molecule has 0 aliphatic rings. The fourth-order valence-electron chi connectivity index (χ4n) is 4.38. The number of non-ortho nitro benzene ring substituents is 2. The van der Waals surface area contributed by atoms with Crippen LogP contribution >= 0.6 is 11.8 Å². The number of nitro groups is 2. The highest BCUT2D eigenvalue weighted by atomic mass is 32.2. The zero-order chi connectivity index (χ0) is 33.1. The normalized spacial score (nSPS) is 11.7. The summed E-state index contributed by atoms with van der Waals surface area (Å²) in [6, 6.07) is 16.3. The lowest BCUT2D eigenvalue weighted by atomic mass is 9.97. The van der Waals surface area contributed by atoms with Crippen molar-refractivity contribution >= 4 is 34.7 Å². The summed E-state index contributed by atoms with van der Waals surface area (Å²) in [4.78, 5) is 46.6. The second-order valence-corrected chi connectivity index (χ2v) is 10.7. The van der Waals surface area contributed by atoms with E-state index in [4.69, 9.17) is 0 Å². The lowest BCUT2D eigenvalue weighted by molar-refractivity contribution is -0.385.